The van der Waals surface area contributed by atoms with Gasteiger partial charge in [0.2, 0.25) is 5.43 Å². The Morgan fingerprint density at radius 1 is 1.25 bits per heavy atom. The van der Waals surface area contributed by atoms with Crippen molar-refractivity contribution < 1.29 is 13.2 Å². The first kappa shape index (κ1) is 14.6. The minimum Gasteiger partial charge on any atom is -0.288 e. The molecule has 0 saturated carbocycles. The molecule has 3 nitrogen and oxygen atoms in total. The summed E-state index contributed by atoms with van der Waals surface area (Å²) in [6, 6.07) is 5.98. The van der Waals surface area contributed by atoms with E-state index in [1.54, 1.807) is 6.92 Å². The molecule has 1 aromatic carbocycles. The molecule has 0 unspecified atom stereocenters. The summed E-state index contributed by atoms with van der Waals surface area (Å²) in [6.45, 7) is 1.66. The second-order valence-electron chi connectivity index (χ2n) is 4.21. The van der Waals surface area contributed by atoms with Crippen LogP contribution in [0.4, 0.5) is 13.2 Å². The predicted octanol–water partition coefficient (Wildman–Crippen LogP) is 2.99. The van der Waals surface area contributed by atoms with E-state index < -0.39 is 11.7 Å². The molecular formula is C13H11F3N2OS. The van der Waals surface area contributed by atoms with Crippen molar-refractivity contribution >= 4 is 12.6 Å². The van der Waals surface area contributed by atoms with Crippen molar-refractivity contribution in [3.05, 3.63) is 57.5 Å². The number of aromatic nitrogens is 2. The van der Waals surface area contributed by atoms with Crippen molar-refractivity contribution in [1.29, 1.82) is 0 Å². The van der Waals surface area contributed by atoms with Gasteiger partial charge in [0.25, 0.3) is 0 Å². The van der Waals surface area contributed by atoms with Crippen LogP contribution in [0.25, 0.3) is 5.69 Å². The molecule has 2 rings (SSSR count). The molecule has 0 fully saturated rings. The van der Waals surface area contributed by atoms with Crippen molar-refractivity contribution in [3.8, 4) is 5.69 Å². The molecule has 0 aliphatic carbocycles. The van der Waals surface area contributed by atoms with Gasteiger partial charge in [-0.2, -0.15) is 30.9 Å². The Morgan fingerprint density at radius 2 is 1.85 bits per heavy atom. The van der Waals surface area contributed by atoms with Crippen LogP contribution in [0.1, 0.15) is 17.0 Å². The number of aryl methyl sites for hydroxylation is 1. The Hall–Kier alpha value is -1.76. The molecule has 0 amide bonds. The van der Waals surface area contributed by atoms with Gasteiger partial charge in [0.15, 0.2) is 0 Å². The summed E-state index contributed by atoms with van der Waals surface area (Å²) < 4.78 is 38.9. The van der Waals surface area contributed by atoms with E-state index in [1.807, 2.05) is 0 Å². The van der Waals surface area contributed by atoms with Crippen LogP contribution in [0, 0.1) is 6.92 Å². The smallest absolute Gasteiger partial charge is 0.288 e. The lowest BCUT2D eigenvalue weighted by Crippen LogP contribution is -2.17. The second kappa shape index (κ2) is 5.32. The lowest BCUT2D eigenvalue weighted by atomic mass is 10.2. The summed E-state index contributed by atoms with van der Waals surface area (Å²) in [7, 11) is 0. The maximum absolute atomic E-state index is 12.5. The maximum atomic E-state index is 12.5. The normalized spacial score (nSPS) is 11.7. The Bertz CT molecular complexity index is 677. The van der Waals surface area contributed by atoms with E-state index in [0.717, 1.165) is 12.1 Å². The average Bonchev–Trinajstić information content (AvgIpc) is 2.38. The highest BCUT2D eigenvalue weighted by atomic mass is 32.1. The number of hydrogen-bond donors (Lipinski definition) is 1. The highest BCUT2D eigenvalue weighted by Crippen LogP contribution is 2.29. The molecule has 1 aromatic heterocycles. The summed E-state index contributed by atoms with van der Waals surface area (Å²) in [5, 5.41) is 4.10. The summed E-state index contributed by atoms with van der Waals surface area (Å²) in [6.07, 6.45) is -4.37. The quantitative estimate of drug-likeness (QED) is 0.865. The fraction of sp³-hybridized carbons (Fsp3) is 0.231. The van der Waals surface area contributed by atoms with E-state index in [4.69, 9.17) is 0 Å². The van der Waals surface area contributed by atoms with Crippen molar-refractivity contribution in [2.45, 2.75) is 18.9 Å². The third kappa shape index (κ3) is 2.87. The Morgan fingerprint density at radius 3 is 2.35 bits per heavy atom. The van der Waals surface area contributed by atoms with E-state index in [-0.39, 0.29) is 16.9 Å². The van der Waals surface area contributed by atoms with Gasteiger partial charge in [-0.1, -0.05) is 0 Å². The summed E-state index contributed by atoms with van der Waals surface area (Å²) in [4.78, 5) is 11.6. The van der Waals surface area contributed by atoms with Crippen LogP contribution in [-0.2, 0) is 11.9 Å². The second-order valence-corrected chi connectivity index (χ2v) is 4.53. The lowest BCUT2D eigenvalue weighted by molar-refractivity contribution is -0.137. The lowest BCUT2D eigenvalue weighted by Gasteiger charge is -2.12. The first-order chi connectivity index (χ1) is 9.32. The molecule has 0 radical (unpaired) electrons. The fourth-order valence-corrected chi connectivity index (χ4v) is 1.96. The van der Waals surface area contributed by atoms with Gasteiger partial charge in [-0.15, -0.1) is 0 Å². The molecule has 7 heteroatoms. The molecule has 2 aromatic rings. The molecule has 0 spiro atoms. The van der Waals surface area contributed by atoms with Crippen LogP contribution in [0.15, 0.2) is 35.1 Å². The number of alkyl halides is 3. The van der Waals surface area contributed by atoms with Gasteiger partial charge < -0.3 is 0 Å². The van der Waals surface area contributed by atoms with E-state index in [0.29, 0.717) is 11.4 Å². The van der Waals surface area contributed by atoms with Crippen LogP contribution < -0.4 is 5.43 Å². The minimum absolute atomic E-state index is 0.166. The maximum Gasteiger partial charge on any atom is 0.416 e. The Balaban J connectivity index is 2.49. The average molecular weight is 300 g/mol. The molecule has 0 atom stereocenters. The summed E-state index contributed by atoms with van der Waals surface area (Å²) >= 11 is 4.00. The molecule has 1 heterocycles. The molecule has 0 aliphatic heterocycles. The molecule has 0 bridgehead atoms. The van der Waals surface area contributed by atoms with Crippen LogP contribution in [-0.4, -0.2) is 9.78 Å². The van der Waals surface area contributed by atoms with Gasteiger partial charge in [0.1, 0.15) is 5.69 Å². The molecule has 0 saturated heterocycles. The van der Waals surface area contributed by atoms with Crippen LogP contribution in [0.2, 0.25) is 0 Å². The minimum atomic E-state index is -4.37. The topological polar surface area (TPSA) is 34.9 Å². The van der Waals surface area contributed by atoms with Gasteiger partial charge in [0.05, 0.1) is 11.3 Å². The molecule has 20 heavy (non-hydrogen) atoms. The van der Waals surface area contributed by atoms with Crippen molar-refractivity contribution in [1.82, 2.24) is 9.78 Å². The largest absolute Gasteiger partial charge is 0.416 e. The third-order valence-electron chi connectivity index (χ3n) is 2.77. The summed E-state index contributed by atoms with van der Waals surface area (Å²) in [5.41, 5.74) is 0.285. The highest BCUT2D eigenvalue weighted by Gasteiger charge is 2.30. The van der Waals surface area contributed by atoms with Gasteiger partial charge in [-0.05, 0) is 31.2 Å². The third-order valence-corrected chi connectivity index (χ3v) is 3.07. The molecule has 0 N–H and O–H groups in total. The fourth-order valence-electron chi connectivity index (χ4n) is 1.75. The molecule has 106 valence electrons. The zero-order chi connectivity index (χ0) is 14.9. The number of thiol groups is 1. The van der Waals surface area contributed by atoms with Crippen molar-refractivity contribution in [2.24, 2.45) is 0 Å². The van der Waals surface area contributed by atoms with E-state index >= 15 is 0 Å². The molecule has 0 aliphatic rings. The van der Waals surface area contributed by atoms with Crippen LogP contribution in [0.5, 0.6) is 0 Å². The predicted molar refractivity (Wildman–Crippen MR) is 72.3 cm³/mol. The zero-order valence-corrected chi connectivity index (χ0v) is 11.4. The van der Waals surface area contributed by atoms with Crippen LogP contribution in [0.3, 0.4) is 0 Å². The van der Waals surface area contributed by atoms with Gasteiger partial charge >= 0.3 is 6.18 Å². The van der Waals surface area contributed by atoms with E-state index in [2.05, 4.69) is 17.7 Å². The van der Waals surface area contributed by atoms with Crippen molar-refractivity contribution in [3.63, 3.8) is 0 Å². The summed E-state index contributed by atoms with van der Waals surface area (Å²) in [5.74, 6) is 0.166. The Kier molecular flexibility index (Phi) is 3.89. The van der Waals surface area contributed by atoms with Crippen LogP contribution >= 0.6 is 12.6 Å². The Labute approximate surface area is 118 Å². The standard InChI is InChI=1S/C13H11F3N2OS/c1-8-6-12(19)11(7-20)17-18(8)10-4-2-9(3-5-10)13(14,15)16/h2-6,20H,7H2,1H3. The first-order valence-electron chi connectivity index (χ1n) is 5.71. The number of nitrogens with zero attached hydrogens (tertiary/aromatic N) is 2. The number of rotatable bonds is 2. The highest BCUT2D eigenvalue weighted by molar-refractivity contribution is 7.79. The number of hydrogen-bond acceptors (Lipinski definition) is 3. The molecular weight excluding hydrogens is 289 g/mol. The van der Waals surface area contributed by atoms with E-state index in [1.165, 1.54) is 22.9 Å². The van der Waals surface area contributed by atoms with E-state index in [9.17, 15) is 18.0 Å². The monoisotopic (exact) mass is 300 g/mol. The number of benzene rings is 1. The zero-order valence-electron chi connectivity index (χ0n) is 10.5. The van der Waals surface area contributed by atoms with Gasteiger partial charge in [-0.3, -0.25) is 4.79 Å². The number of halogens is 3. The van der Waals surface area contributed by atoms with Gasteiger partial charge in [0, 0.05) is 17.5 Å². The first-order valence-corrected chi connectivity index (χ1v) is 6.34. The van der Waals surface area contributed by atoms with Gasteiger partial charge in [-0.25, -0.2) is 4.68 Å². The SMILES string of the molecule is Cc1cc(=O)c(CS)nn1-c1ccc(C(F)(F)F)cc1. The van der Waals surface area contributed by atoms with Crippen molar-refractivity contribution in [2.75, 3.05) is 0 Å².